The van der Waals surface area contributed by atoms with Crippen LogP contribution < -0.4 is 11.1 Å². The van der Waals surface area contributed by atoms with Crippen molar-refractivity contribution >= 4 is 22.4 Å². The molecular weight excluding hydrogens is 198 g/mol. The first-order valence-corrected chi connectivity index (χ1v) is 5.00. The highest BCUT2D eigenvalue weighted by Crippen LogP contribution is 2.23. The maximum atomic E-state index is 5.51. The molecule has 1 atom stereocenters. The minimum absolute atomic E-state index is 0.202. The van der Waals surface area contributed by atoms with Gasteiger partial charge in [0.1, 0.15) is 10.8 Å². The smallest absolute Gasteiger partial charge is 0.139 e. The van der Waals surface area contributed by atoms with Gasteiger partial charge in [-0.05, 0) is 18.5 Å². The Hall–Kier alpha value is -1.56. The average Bonchev–Trinajstić information content (AvgIpc) is 2.75. The molecule has 0 spiro atoms. The Morgan fingerprint density at radius 1 is 1.64 bits per heavy atom. The van der Waals surface area contributed by atoms with Crippen molar-refractivity contribution < 1.29 is 0 Å². The van der Waals surface area contributed by atoms with E-state index in [9.17, 15) is 0 Å². The second-order valence-electron chi connectivity index (χ2n) is 3.01. The summed E-state index contributed by atoms with van der Waals surface area (Å²) in [6.45, 7) is 2.06. The molecular formula is C8H11N5S. The fraction of sp³-hybridized carbons (Fsp3) is 0.250. The second kappa shape index (κ2) is 3.67. The summed E-state index contributed by atoms with van der Waals surface area (Å²) in [6.07, 6.45) is 3.66. The van der Waals surface area contributed by atoms with E-state index in [0.717, 1.165) is 10.6 Å². The third kappa shape index (κ3) is 1.85. The largest absolute Gasteiger partial charge is 0.383 e. The number of H-pyrrole nitrogens is 1. The minimum Gasteiger partial charge on any atom is -0.383 e. The van der Waals surface area contributed by atoms with Crippen LogP contribution in [0.25, 0.3) is 0 Å². The number of nitrogens with zero attached hydrogens (tertiary/aromatic N) is 2. The van der Waals surface area contributed by atoms with Gasteiger partial charge in [0.15, 0.2) is 0 Å². The van der Waals surface area contributed by atoms with Crippen molar-refractivity contribution in [1.29, 1.82) is 0 Å². The number of rotatable bonds is 3. The fourth-order valence-corrected chi connectivity index (χ4v) is 1.81. The van der Waals surface area contributed by atoms with Gasteiger partial charge in [0, 0.05) is 17.8 Å². The third-order valence-corrected chi connectivity index (χ3v) is 2.64. The van der Waals surface area contributed by atoms with Crippen LogP contribution in [-0.2, 0) is 0 Å². The van der Waals surface area contributed by atoms with Gasteiger partial charge in [0.2, 0.25) is 0 Å². The topological polar surface area (TPSA) is 79.6 Å². The van der Waals surface area contributed by atoms with Gasteiger partial charge in [-0.1, -0.05) is 0 Å². The predicted octanol–water partition coefficient (Wildman–Crippen LogP) is 1.62. The first kappa shape index (κ1) is 9.01. The Bertz CT molecular complexity index is 394. The average molecular weight is 209 g/mol. The van der Waals surface area contributed by atoms with Crippen molar-refractivity contribution in [1.82, 2.24) is 14.6 Å². The van der Waals surface area contributed by atoms with Crippen LogP contribution in [0.4, 0.5) is 10.8 Å². The van der Waals surface area contributed by atoms with Gasteiger partial charge in [0.25, 0.3) is 0 Å². The molecule has 4 N–H and O–H groups in total. The summed E-state index contributed by atoms with van der Waals surface area (Å²) in [5.74, 6) is 0.553. The molecule has 2 aromatic heterocycles. The molecule has 5 nitrogen and oxygen atoms in total. The van der Waals surface area contributed by atoms with E-state index < -0.39 is 0 Å². The molecule has 0 saturated heterocycles. The second-order valence-corrected chi connectivity index (χ2v) is 3.82. The van der Waals surface area contributed by atoms with Crippen molar-refractivity contribution in [3.05, 3.63) is 24.0 Å². The highest BCUT2D eigenvalue weighted by molar-refractivity contribution is 7.10. The zero-order valence-electron chi connectivity index (χ0n) is 7.69. The summed E-state index contributed by atoms with van der Waals surface area (Å²) < 4.78 is 3.98. The summed E-state index contributed by atoms with van der Waals surface area (Å²) in [4.78, 5) is 0. The molecule has 2 aromatic rings. The van der Waals surface area contributed by atoms with Crippen molar-refractivity contribution in [2.24, 2.45) is 0 Å². The third-order valence-electron chi connectivity index (χ3n) is 1.91. The van der Waals surface area contributed by atoms with Gasteiger partial charge in [-0.3, -0.25) is 5.10 Å². The number of hydrogen-bond acceptors (Lipinski definition) is 5. The number of hydrogen-bond donors (Lipinski definition) is 3. The van der Waals surface area contributed by atoms with E-state index in [0.29, 0.717) is 5.82 Å². The van der Waals surface area contributed by atoms with Crippen molar-refractivity contribution in [2.45, 2.75) is 13.0 Å². The molecule has 0 aliphatic carbocycles. The van der Waals surface area contributed by atoms with E-state index >= 15 is 0 Å². The van der Waals surface area contributed by atoms with Crippen LogP contribution in [0.3, 0.4) is 0 Å². The minimum atomic E-state index is 0.202. The first-order valence-electron chi connectivity index (χ1n) is 4.23. The van der Waals surface area contributed by atoms with E-state index in [-0.39, 0.29) is 6.04 Å². The van der Waals surface area contributed by atoms with Gasteiger partial charge in [-0.2, -0.15) is 9.47 Å². The SMILES string of the molecule is CC(Nc1cc(N)ns1)c1cn[nH]c1. The molecule has 2 rings (SSSR count). The van der Waals surface area contributed by atoms with Crippen LogP contribution in [0.15, 0.2) is 18.5 Å². The lowest BCUT2D eigenvalue weighted by Crippen LogP contribution is -2.03. The normalized spacial score (nSPS) is 12.6. The van der Waals surface area contributed by atoms with Gasteiger partial charge in [-0.25, -0.2) is 0 Å². The van der Waals surface area contributed by atoms with E-state index in [2.05, 4.69) is 26.8 Å². The summed E-state index contributed by atoms with van der Waals surface area (Å²) in [6, 6.07) is 2.02. The highest BCUT2D eigenvalue weighted by Gasteiger charge is 2.07. The molecule has 0 bridgehead atoms. The summed E-state index contributed by atoms with van der Waals surface area (Å²) in [5, 5.41) is 10.9. The zero-order chi connectivity index (χ0) is 9.97. The van der Waals surface area contributed by atoms with E-state index in [4.69, 9.17) is 5.73 Å². The van der Waals surface area contributed by atoms with Crippen LogP contribution in [0.1, 0.15) is 18.5 Å². The quantitative estimate of drug-likeness (QED) is 0.717. The Labute approximate surface area is 85.5 Å². The summed E-state index contributed by atoms with van der Waals surface area (Å²) in [7, 11) is 0. The van der Waals surface area contributed by atoms with Gasteiger partial charge in [0.05, 0.1) is 12.2 Å². The van der Waals surface area contributed by atoms with Crippen LogP contribution in [-0.4, -0.2) is 14.6 Å². The van der Waals surface area contributed by atoms with Crippen LogP contribution in [0, 0.1) is 0 Å². The van der Waals surface area contributed by atoms with Crippen molar-refractivity contribution in [2.75, 3.05) is 11.1 Å². The molecule has 0 aromatic carbocycles. The molecule has 74 valence electrons. The molecule has 0 radical (unpaired) electrons. The van der Waals surface area contributed by atoms with Crippen molar-refractivity contribution in [3.63, 3.8) is 0 Å². The molecule has 0 fully saturated rings. The number of nitrogens with one attached hydrogen (secondary N) is 2. The molecule has 14 heavy (non-hydrogen) atoms. The molecule has 6 heteroatoms. The number of anilines is 2. The summed E-state index contributed by atoms with van der Waals surface area (Å²) in [5.41, 5.74) is 6.62. The Morgan fingerprint density at radius 2 is 2.50 bits per heavy atom. The molecule has 2 heterocycles. The first-order chi connectivity index (χ1) is 6.75. The number of aromatic amines is 1. The zero-order valence-corrected chi connectivity index (χ0v) is 8.51. The predicted molar refractivity (Wildman–Crippen MR) is 57.2 cm³/mol. The Morgan fingerprint density at radius 3 is 3.07 bits per heavy atom. The monoisotopic (exact) mass is 209 g/mol. The summed E-state index contributed by atoms with van der Waals surface area (Å²) >= 11 is 1.36. The van der Waals surface area contributed by atoms with Gasteiger partial charge < -0.3 is 11.1 Å². The molecule has 0 aliphatic heterocycles. The maximum Gasteiger partial charge on any atom is 0.139 e. The van der Waals surface area contributed by atoms with Crippen LogP contribution >= 0.6 is 11.5 Å². The standard InChI is InChI=1S/C8H11N5S/c1-5(6-3-10-11-4-6)12-8-2-7(9)13-14-8/h2-5,12H,1H3,(H2,9,13)(H,10,11). The number of nitrogens with two attached hydrogens (primary N) is 1. The Kier molecular flexibility index (Phi) is 2.36. The van der Waals surface area contributed by atoms with Crippen molar-refractivity contribution in [3.8, 4) is 0 Å². The van der Waals surface area contributed by atoms with Gasteiger partial charge >= 0.3 is 0 Å². The van der Waals surface area contributed by atoms with E-state index in [1.165, 1.54) is 11.5 Å². The van der Waals surface area contributed by atoms with E-state index in [1.807, 2.05) is 12.3 Å². The number of nitrogen functional groups attached to an aromatic ring is 1. The van der Waals surface area contributed by atoms with Crippen LogP contribution in [0.2, 0.25) is 0 Å². The maximum absolute atomic E-state index is 5.51. The fourth-order valence-electron chi connectivity index (χ4n) is 1.15. The van der Waals surface area contributed by atoms with Gasteiger partial charge in [-0.15, -0.1) is 0 Å². The number of aromatic nitrogens is 3. The molecule has 1 unspecified atom stereocenters. The van der Waals surface area contributed by atoms with Crippen LogP contribution in [0.5, 0.6) is 0 Å². The molecule has 0 saturated carbocycles. The van der Waals surface area contributed by atoms with E-state index in [1.54, 1.807) is 6.20 Å². The lowest BCUT2D eigenvalue weighted by atomic mass is 10.2. The molecule has 0 amide bonds. The lowest BCUT2D eigenvalue weighted by Gasteiger charge is -2.10. The Balaban J connectivity index is 2.05. The lowest BCUT2D eigenvalue weighted by molar-refractivity contribution is 0.891. The molecule has 0 aliphatic rings. The highest BCUT2D eigenvalue weighted by atomic mass is 32.1.